The molecule has 0 aliphatic heterocycles. The molecule has 0 aromatic carbocycles. The molecule has 15 nitrogen and oxygen atoms in total. The number of carbonyl (C=O) groups excluding carboxylic acids is 1. The number of hydrogen-bond donors (Lipinski definition) is 0. The fraction of sp³-hybridized carbons (Fsp3) is 0.217. The molecule has 3 rings (SSSR count). The summed E-state index contributed by atoms with van der Waals surface area (Å²) < 4.78 is 67.9. The molecule has 0 unspecified atom stereocenters. The molecule has 228 valence electrons. The van der Waals surface area contributed by atoms with Gasteiger partial charge in [0, 0.05) is 38.2 Å². The van der Waals surface area contributed by atoms with Crippen molar-refractivity contribution in [3.63, 3.8) is 0 Å². The number of nitrogens with zero attached hydrogens (tertiary/aromatic N) is 4. The van der Waals surface area contributed by atoms with Gasteiger partial charge in [0.1, 0.15) is 0 Å². The number of carbonyl (C=O) groups is 1. The Labute approximate surface area is 250 Å². The molecule has 0 fully saturated rings. The Morgan fingerprint density at radius 2 is 0.951 bits per heavy atom. The van der Waals surface area contributed by atoms with E-state index in [1.165, 1.54) is 13.8 Å². The smallest absolute Gasteiger partial charge is 0.876 e. The molecule has 0 bridgehead atoms. The third-order valence-electron chi connectivity index (χ3n) is 3.74. The van der Waals surface area contributed by atoms with E-state index in [0.29, 0.717) is 0 Å². The quantitative estimate of drug-likeness (QED) is 0.167. The first-order chi connectivity index (χ1) is 18.0. The number of ketones is 1. The summed E-state index contributed by atoms with van der Waals surface area (Å²) in [5.41, 5.74) is 3.15. The van der Waals surface area contributed by atoms with Crippen molar-refractivity contribution in [2.45, 2.75) is 33.5 Å². The predicted molar refractivity (Wildman–Crippen MR) is 114 cm³/mol. The van der Waals surface area contributed by atoms with Gasteiger partial charge in [-0.1, -0.05) is 25.1 Å². The standard InChI is InChI=1S/C18H18N4.C5H8O2.2ClHO4.Co.H2O/c1-4-10-19-16(7-1)13-22(14-17-8-2-5-11-20-17)15-18-9-3-6-12-21-18;1-4(6)3-5(2)7;2*2-1(3,4)5;;/h1-12H,13-15H2;3,6H,1-2H3;2*(H,2,3,4,5);;1H2/q;;;;+3;/p-3/b;4-3-;;;;. The van der Waals surface area contributed by atoms with Crippen LogP contribution in [0.25, 0.3) is 0 Å². The summed E-state index contributed by atoms with van der Waals surface area (Å²) in [6.07, 6.45) is 6.54. The molecular formula is C23H27Cl2CoN4O11. The van der Waals surface area contributed by atoms with Crippen molar-refractivity contribution in [3.05, 3.63) is 102 Å². The van der Waals surface area contributed by atoms with Gasteiger partial charge in [-0.05, 0) is 49.4 Å². The van der Waals surface area contributed by atoms with Gasteiger partial charge in [-0.15, -0.1) is 26.2 Å². The number of allylic oxidation sites excluding steroid dienone is 2. The van der Waals surface area contributed by atoms with Crippen molar-refractivity contribution in [3.8, 4) is 0 Å². The van der Waals surface area contributed by atoms with Gasteiger partial charge < -0.3 is 10.6 Å². The molecule has 0 aliphatic carbocycles. The van der Waals surface area contributed by atoms with Crippen LogP contribution in [0.4, 0.5) is 0 Å². The fourth-order valence-electron chi connectivity index (χ4n) is 2.62. The Balaban J connectivity index is -0.000000632. The second kappa shape index (κ2) is 23.0. The van der Waals surface area contributed by atoms with Gasteiger partial charge in [0.2, 0.25) is 0 Å². The van der Waals surface area contributed by atoms with Crippen LogP contribution in [-0.2, 0) is 41.2 Å². The Morgan fingerprint density at radius 1 is 0.683 bits per heavy atom. The summed E-state index contributed by atoms with van der Waals surface area (Å²) in [6, 6.07) is 18.0. The first kappa shape index (κ1) is 42.8. The summed E-state index contributed by atoms with van der Waals surface area (Å²) in [5, 5.41) is 9.98. The molecule has 0 atom stereocenters. The summed E-state index contributed by atoms with van der Waals surface area (Å²) in [6.45, 7) is 5.01. The zero-order valence-corrected chi connectivity index (χ0v) is 24.1. The van der Waals surface area contributed by atoms with E-state index >= 15 is 0 Å². The van der Waals surface area contributed by atoms with E-state index in [-0.39, 0.29) is 33.8 Å². The van der Waals surface area contributed by atoms with Gasteiger partial charge in [-0.3, -0.25) is 24.6 Å². The minimum atomic E-state index is -4.94. The molecule has 0 radical (unpaired) electrons. The second-order valence-corrected chi connectivity index (χ2v) is 8.74. The minimum absolute atomic E-state index is 0. The summed E-state index contributed by atoms with van der Waals surface area (Å²) in [4.78, 5) is 25.5. The average Bonchev–Trinajstić information content (AvgIpc) is 2.78. The Kier molecular flexibility index (Phi) is 24.0. The van der Waals surface area contributed by atoms with E-state index in [4.69, 9.17) is 37.3 Å². The maximum Gasteiger partial charge on any atom is 3.00 e. The predicted octanol–water partition coefficient (Wildman–Crippen LogP) is -7.43. The van der Waals surface area contributed by atoms with Crippen LogP contribution in [0.5, 0.6) is 0 Å². The van der Waals surface area contributed by atoms with Gasteiger partial charge >= 0.3 is 16.8 Å². The molecule has 0 aliphatic rings. The van der Waals surface area contributed by atoms with Gasteiger partial charge in [0.05, 0.1) is 17.1 Å². The van der Waals surface area contributed by atoms with Crippen LogP contribution in [0.15, 0.2) is 85.0 Å². The third-order valence-corrected chi connectivity index (χ3v) is 3.74. The van der Waals surface area contributed by atoms with Crippen LogP contribution in [0.3, 0.4) is 0 Å². The summed E-state index contributed by atoms with van der Waals surface area (Å²) in [7, 11) is -9.89. The van der Waals surface area contributed by atoms with Gasteiger partial charge in [0.15, 0.2) is 5.78 Å². The minimum Gasteiger partial charge on any atom is -0.876 e. The Bertz CT molecular complexity index is 967. The molecule has 41 heavy (non-hydrogen) atoms. The number of halogens is 2. The molecule has 0 saturated carbocycles. The maximum atomic E-state index is 9.98. The molecule has 3 aromatic rings. The maximum absolute atomic E-state index is 9.98. The average molecular weight is 665 g/mol. The molecule has 3 aromatic heterocycles. The number of rotatable bonds is 7. The summed E-state index contributed by atoms with van der Waals surface area (Å²) in [5.74, 6) is -0.375. The number of pyridine rings is 3. The van der Waals surface area contributed by atoms with Crippen LogP contribution < -0.4 is 42.4 Å². The molecular weight excluding hydrogens is 638 g/mol. The van der Waals surface area contributed by atoms with Gasteiger partial charge in [-0.25, -0.2) is 37.3 Å². The van der Waals surface area contributed by atoms with Gasteiger partial charge in [-0.2, -0.15) is 0 Å². The van der Waals surface area contributed by atoms with Gasteiger partial charge in [0.25, 0.3) is 0 Å². The zero-order chi connectivity index (χ0) is 29.9. The van der Waals surface area contributed by atoms with E-state index in [9.17, 15) is 9.90 Å². The molecule has 0 saturated heterocycles. The van der Waals surface area contributed by atoms with Crippen molar-refractivity contribution in [2.24, 2.45) is 0 Å². The first-order valence-electron chi connectivity index (χ1n) is 10.5. The molecule has 2 N–H and O–H groups in total. The van der Waals surface area contributed by atoms with E-state index in [1.54, 1.807) is 0 Å². The van der Waals surface area contributed by atoms with E-state index < -0.39 is 20.5 Å². The Morgan fingerprint density at radius 3 is 1.10 bits per heavy atom. The van der Waals surface area contributed by atoms with Crippen LogP contribution in [0, 0.1) is 20.5 Å². The molecule has 18 heteroatoms. The van der Waals surface area contributed by atoms with E-state index in [2.05, 4.69) is 19.9 Å². The zero-order valence-electron chi connectivity index (χ0n) is 21.6. The van der Waals surface area contributed by atoms with E-state index in [0.717, 1.165) is 42.8 Å². The fourth-order valence-corrected chi connectivity index (χ4v) is 2.62. The largest absolute Gasteiger partial charge is 3.00 e. The van der Waals surface area contributed by atoms with Crippen molar-refractivity contribution < 1.29 is 89.9 Å². The van der Waals surface area contributed by atoms with Crippen LogP contribution >= 0.6 is 0 Å². The third kappa shape index (κ3) is 33.5. The van der Waals surface area contributed by atoms with Crippen molar-refractivity contribution in [2.75, 3.05) is 0 Å². The van der Waals surface area contributed by atoms with Crippen molar-refractivity contribution >= 4 is 5.78 Å². The first-order valence-corrected chi connectivity index (χ1v) is 13.0. The van der Waals surface area contributed by atoms with Crippen LogP contribution in [0.2, 0.25) is 0 Å². The van der Waals surface area contributed by atoms with E-state index in [1.807, 2.05) is 73.2 Å². The number of aromatic nitrogens is 3. The molecule has 3 heterocycles. The van der Waals surface area contributed by atoms with Crippen LogP contribution in [0.1, 0.15) is 30.9 Å². The topological polar surface area (TPSA) is 298 Å². The van der Waals surface area contributed by atoms with Crippen molar-refractivity contribution in [1.29, 1.82) is 0 Å². The summed E-state index contributed by atoms with van der Waals surface area (Å²) >= 11 is 0. The molecule has 0 spiro atoms. The van der Waals surface area contributed by atoms with Crippen LogP contribution in [-0.4, -0.2) is 31.1 Å². The monoisotopic (exact) mass is 664 g/mol. The SMILES string of the molecule is CC(=O)/C=C(/C)[O-].O.[Co+3].[O-][Cl+3]([O-])([O-])[O-].[O-][Cl+3]([O-])([O-])[O-].c1ccc(CN(Cc2ccccn2)Cc2ccccn2)nc1. The number of hydrogen-bond acceptors (Lipinski definition) is 14. The van der Waals surface area contributed by atoms with Crippen molar-refractivity contribution in [1.82, 2.24) is 19.9 Å². The normalized spacial score (nSPS) is 10.7. The second-order valence-electron chi connectivity index (χ2n) is 7.23. The Hall–Kier alpha value is -2.65. The molecule has 0 amide bonds.